The van der Waals surface area contributed by atoms with Crippen LogP contribution < -0.4 is 0 Å². The van der Waals surface area contributed by atoms with Crippen molar-refractivity contribution in [2.24, 2.45) is 5.92 Å². The Morgan fingerprint density at radius 2 is 1.47 bits per heavy atom. The molecule has 2 aliphatic rings. The Kier molecular flexibility index (Phi) is 3.70. The quantitative estimate of drug-likeness (QED) is 0.679. The predicted octanol–water partition coefficient (Wildman–Crippen LogP) is 3.75. The van der Waals surface area contributed by atoms with Crippen molar-refractivity contribution in [3.05, 3.63) is 12.1 Å². The van der Waals surface area contributed by atoms with Crippen LogP contribution in [0.4, 0.5) is 0 Å². The standard InChI is InChI=1S/C14H25BO2/c1-13(2)14(3,4)17-15(16-13)11-10-12-8-6-5-7-9-12/h10-12H,5-9H2,1-4H3/b11-10+. The molecular formula is C14H25BO2. The second-order valence-electron chi connectivity index (χ2n) is 6.41. The van der Waals surface area contributed by atoms with Gasteiger partial charge in [0.05, 0.1) is 11.2 Å². The first-order valence-electron chi connectivity index (χ1n) is 6.95. The smallest absolute Gasteiger partial charge is 0.400 e. The minimum atomic E-state index is -0.214. The van der Waals surface area contributed by atoms with E-state index in [0.717, 1.165) is 5.92 Å². The van der Waals surface area contributed by atoms with Crippen LogP contribution in [0.3, 0.4) is 0 Å². The maximum atomic E-state index is 5.95. The average Bonchev–Trinajstić information content (AvgIpc) is 2.46. The van der Waals surface area contributed by atoms with E-state index in [9.17, 15) is 0 Å². The van der Waals surface area contributed by atoms with Gasteiger partial charge >= 0.3 is 7.12 Å². The molecule has 3 heteroatoms. The molecule has 2 fully saturated rings. The summed E-state index contributed by atoms with van der Waals surface area (Å²) in [4.78, 5) is 0. The third kappa shape index (κ3) is 2.94. The van der Waals surface area contributed by atoms with Crippen molar-refractivity contribution in [2.75, 3.05) is 0 Å². The van der Waals surface area contributed by atoms with Crippen LogP contribution in [0.2, 0.25) is 0 Å². The molecular weight excluding hydrogens is 211 g/mol. The van der Waals surface area contributed by atoms with E-state index in [1.807, 2.05) is 0 Å². The molecule has 0 spiro atoms. The van der Waals surface area contributed by atoms with Crippen LogP contribution in [0.1, 0.15) is 59.8 Å². The van der Waals surface area contributed by atoms with E-state index >= 15 is 0 Å². The summed E-state index contributed by atoms with van der Waals surface area (Å²) >= 11 is 0. The zero-order valence-electron chi connectivity index (χ0n) is 11.7. The van der Waals surface area contributed by atoms with Crippen molar-refractivity contribution in [3.63, 3.8) is 0 Å². The Balaban J connectivity index is 1.90. The van der Waals surface area contributed by atoms with Gasteiger partial charge in [0.15, 0.2) is 0 Å². The molecule has 0 aromatic heterocycles. The molecule has 1 saturated carbocycles. The van der Waals surface area contributed by atoms with E-state index in [1.165, 1.54) is 32.1 Å². The summed E-state index contributed by atoms with van der Waals surface area (Å²) in [5.74, 6) is 2.86. The second kappa shape index (κ2) is 4.77. The van der Waals surface area contributed by atoms with Gasteiger partial charge in [-0.2, -0.15) is 0 Å². The van der Waals surface area contributed by atoms with Crippen molar-refractivity contribution in [1.29, 1.82) is 0 Å². The summed E-state index contributed by atoms with van der Waals surface area (Å²) in [7, 11) is -0.165. The number of hydrogen-bond acceptors (Lipinski definition) is 2. The molecule has 96 valence electrons. The van der Waals surface area contributed by atoms with E-state index in [2.05, 4.69) is 39.7 Å². The van der Waals surface area contributed by atoms with Crippen LogP contribution in [-0.2, 0) is 9.31 Å². The van der Waals surface area contributed by atoms with E-state index in [4.69, 9.17) is 9.31 Å². The molecule has 2 nitrogen and oxygen atoms in total. The van der Waals surface area contributed by atoms with Gasteiger partial charge in [0.2, 0.25) is 0 Å². The summed E-state index contributed by atoms with van der Waals surface area (Å²) in [5.41, 5.74) is -0.427. The molecule has 0 aromatic carbocycles. The lowest BCUT2D eigenvalue weighted by molar-refractivity contribution is 0.00578. The fourth-order valence-corrected chi connectivity index (χ4v) is 2.54. The average molecular weight is 236 g/mol. The van der Waals surface area contributed by atoms with Crippen LogP contribution in [0.25, 0.3) is 0 Å². The molecule has 0 unspecified atom stereocenters. The highest BCUT2D eigenvalue weighted by Crippen LogP contribution is 2.37. The van der Waals surface area contributed by atoms with Crippen LogP contribution in [0, 0.1) is 5.92 Å². The summed E-state index contributed by atoms with van der Waals surface area (Å²) in [6, 6.07) is 0. The molecule has 0 N–H and O–H groups in total. The lowest BCUT2D eigenvalue weighted by Crippen LogP contribution is -2.41. The fraction of sp³-hybridized carbons (Fsp3) is 0.857. The molecule has 0 atom stereocenters. The van der Waals surface area contributed by atoms with Gasteiger partial charge < -0.3 is 9.31 Å². The largest absolute Gasteiger partial charge is 0.486 e. The van der Waals surface area contributed by atoms with Crippen molar-refractivity contribution < 1.29 is 9.31 Å². The second-order valence-corrected chi connectivity index (χ2v) is 6.41. The van der Waals surface area contributed by atoms with Gasteiger partial charge in [-0.1, -0.05) is 31.3 Å². The molecule has 2 rings (SSSR count). The Hall–Kier alpha value is -0.275. The molecule has 0 aromatic rings. The first-order valence-corrected chi connectivity index (χ1v) is 6.95. The SMILES string of the molecule is CC1(C)OB(/C=C/C2CCCCC2)OC1(C)C. The van der Waals surface area contributed by atoms with Crippen molar-refractivity contribution >= 4 is 7.12 Å². The van der Waals surface area contributed by atoms with Gasteiger partial charge in [-0.3, -0.25) is 0 Å². The van der Waals surface area contributed by atoms with Gasteiger partial charge in [-0.15, -0.1) is 0 Å². The highest BCUT2D eigenvalue weighted by molar-refractivity contribution is 6.51. The monoisotopic (exact) mass is 236 g/mol. The number of allylic oxidation sites excluding steroid dienone is 1. The number of rotatable bonds is 2. The summed E-state index contributed by atoms with van der Waals surface area (Å²) in [6.45, 7) is 8.39. The first kappa shape index (κ1) is 13.2. The third-order valence-electron chi connectivity index (χ3n) is 4.46. The molecule has 0 amide bonds. The van der Waals surface area contributed by atoms with Crippen LogP contribution in [0.15, 0.2) is 12.1 Å². The summed E-state index contributed by atoms with van der Waals surface area (Å²) < 4.78 is 11.9. The minimum Gasteiger partial charge on any atom is -0.400 e. The minimum absolute atomic E-state index is 0.165. The van der Waals surface area contributed by atoms with Crippen LogP contribution in [0.5, 0.6) is 0 Å². The zero-order valence-corrected chi connectivity index (χ0v) is 11.7. The normalized spacial score (nSPS) is 29.1. The molecule has 0 radical (unpaired) electrons. The van der Waals surface area contributed by atoms with Gasteiger partial charge in [0.25, 0.3) is 0 Å². The molecule has 17 heavy (non-hydrogen) atoms. The Morgan fingerprint density at radius 1 is 0.941 bits per heavy atom. The maximum absolute atomic E-state index is 5.95. The number of hydrogen-bond donors (Lipinski definition) is 0. The predicted molar refractivity (Wildman–Crippen MR) is 71.8 cm³/mol. The van der Waals surface area contributed by atoms with Gasteiger partial charge in [0, 0.05) is 0 Å². The van der Waals surface area contributed by atoms with E-state index in [1.54, 1.807) is 0 Å². The lowest BCUT2D eigenvalue weighted by atomic mass is 9.83. The molecule has 0 bridgehead atoms. The molecule has 1 heterocycles. The highest BCUT2D eigenvalue weighted by atomic mass is 16.7. The summed E-state index contributed by atoms with van der Waals surface area (Å²) in [5, 5.41) is 0. The maximum Gasteiger partial charge on any atom is 0.486 e. The van der Waals surface area contributed by atoms with E-state index in [0.29, 0.717) is 0 Å². The van der Waals surface area contributed by atoms with Gasteiger partial charge in [-0.05, 0) is 46.5 Å². The molecule has 1 aliphatic heterocycles. The van der Waals surface area contributed by atoms with Crippen LogP contribution >= 0.6 is 0 Å². The van der Waals surface area contributed by atoms with Gasteiger partial charge in [-0.25, -0.2) is 0 Å². The Labute approximate surface area is 106 Å². The third-order valence-corrected chi connectivity index (χ3v) is 4.46. The highest BCUT2D eigenvalue weighted by Gasteiger charge is 2.50. The van der Waals surface area contributed by atoms with Crippen LogP contribution in [-0.4, -0.2) is 18.3 Å². The van der Waals surface area contributed by atoms with Gasteiger partial charge in [0.1, 0.15) is 0 Å². The fourth-order valence-electron chi connectivity index (χ4n) is 2.54. The summed E-state index contributed by atoms with van der Waals surface area (Å²) in [6.07, 6.45) is 9.12. The lowest BCUT2D eigenvalue weighted by Gasteiger charge is -2.32. The Morgan fingerprint density at radius 3 is 2.00 bits per heavy atom. The first-order chi connectivity index (χ1) is 7.91. The van der Waals surface area contributed by atoms with E-state index in [-0.39, 0.29) is 18.3 Å². The zero-order chi connectivity index (χ0) is 12.5. The topological polar surface area (TPSA) is 18.5 Å². The van der Waals surface area contributed by atoms with Crippen molar-refractivity contribution in [3.8, 4) is 0 Å². The van der Waals surface area contributed by atoms with Crippen molar-refractivity contribution in [2.45, 2.75) is 71.0 Å². The van der Waals surface area contributed by atoms with E-state index < -0.39 is 0 Å². The molecule has 1 saturated heterocycles. The molecule has 1 aliphatic carbocycles. The van der Waals surface area contributed by atoms with Crippen molar-refractivity contribution in [1.82, 2.24) is 0 Å². The Bertz CT molecular complexity index is 275.